The second kappa shape index (κ2) is 10.9. The minimum Gasteiger partial charge on any atom is -0.469 e. The molecule has 7 nitrogen and oxygen atoms in total. The van der Waals surface area contributed by atoms with Gasteiger partial charge in [-0.1, -0.05) is 60.1 Å². The number of unbranched alkanes of at least 4 members (excludes halogenated alkanes) is 3. The molecule has 168 valence electrons. The van der Waals surface area contributed by atoms with Gasteiger partial charge in [-0.3, -0.25) is 4.79 Å². The number of hydrogen-bond acceptors (Lipinski definition) is 6. The summed E-state index contributed by atoms with van der Waals surface area (Å²) in [6, 6.07) is 16.0. The predicted molar refractivity (Wildman–Crippen MR) is 123 cm³/mol. The summed E-state index contributed by atoms with van der Waals surface area (Å²) >= 11 is 0. The number of aromatic nitrogens is 1. The Labute approximate surface area is 187 Å². The van der Waals surface area contributed by atoms with E-state index in [1.54, 1.807) is 12.1 Å². The van der Waals surface area contributed by atoms with Gasteiger partial charge in [0.15, 0.2) is 5.76 Å². The summed E-state index contributed by atoms with van der Waals surface area (Å²) in [5.74, 6) is 0.399. The Hall–Kier alpha value is -3.23. The van der Waals surface area contributed by atoms with Gasteiger partial charge < -0.3 is 9.26 Å². The summed E-state index contributed by atoms with van der Waals surface area (Å²) in [6.45, 7) is 0. The number of carbonyl (C=O) groups is 1. The van der Waals surface area contributed by atoms with Gasteiger partial charge in [0.25, 0.3) is 0 Å². The number of carbonyl (C=O) groups excluding carboxylic acids is 1. The molecule has 0 spiro atoms. The number of rotatable bonds is 10. The summed E-state index contributed by atoms with van der Waals surface area (Å²) < 4.78 is 33.5. The number of benzene rings is 2. The van der Waals surface area contributed by atoms with E-state index in [9.17, 15) is 13.2 Å². The molecule has 0 saturated heterocycles. The zero-order valence-corrected chi connectivity index (χ0v) is 18.7. The van der Waals surface area contributed by atoms with Crippen LogP contribution in [0.15, 0.2) is 70.1 Å². The van der Waals surface area contributed by atoms with Gasteiger partial charge in [-0.15, -0.1) is 0 Å². The maximum atomic E-state index is 11.6. The van der Waals surface area contributed by atoms with Crippen molar-refractivity contribution in [2.75, 3.05) is 7.11 Å². The van der Waals surface area contributed by atoms with Crippen LogP contribution in [0.2, 0.25) is 0 Å². The highest BCUT2D eigenvalue weighted by atomic mass is 32.2. The lowest BCUT2D eigenvalue weighted by molar-refractivity contribution is -0.140. The largest absolute Gasteiger partial charge is 0.469 e. The van der Waals surface area contributed by atoms with Crippen molar-refractivity contribution in [2.45, 2.75) is 37.0 Å². The lowest BCUT2D eigenvalue weighted by atomic mass is 9.99. The van der Waals surface area contributed by atoms with E-state index in [0.29, 0.717) is 17.9 Å². The van der Waals surface area contributed by atoms with Crippen LogP contribution in [0.1, 0.15) is 37.9 Å². The molecule has 0 saturated carbocycles. The van der Waals surface area contributed by atoms with E-state index in [4.69, 9.17) is 9.66 Å². The van der Waals surface area contributed by atoms with Crippen molar-refractivity contribution in [3.63, 3.8) is 0 Å². The highest BCUT2D eigenvalue weighted by molar-refractivity contribution is 7.89. The van der Waals surface area contributed by atoms with Crippen LogP contribution in [-0.4, -0.2) is 26.7 Å². The Bertz CT molecular complexity index is 1170. The molecule has 0 atom stereocenters. The molecule has 2 N–H and O–H groups in total. The smallest absolute Gasteiger partial charge is 0.305 e. The quantitative estimate of drug-likeness (QED) is 0.348. The number of nitrogens with two attached hydrogens (primary N) is 1. The van der Waals surface area contributed by atoms with Gasteiger partial charge in [-0.25, -0.2) is 13.6 Å². The monoisotopic (exact) mass is 454 g/mol. The van der Waals surface area contributed by atoms with Crippen LogP contribution in [0, 0.1) is 0 Å². The number of methoxy groups -OCH3 is 1. The standard InChI is InChI=1S/C24H26N2O5S/c1-30-22(27)13-9-4-2-3-8-12-21-23(18-14-16-20(17-15-18)32(25,28)29)24(26-31-21)19-10-6-5-7-11-19/h5-8,10-12,14-17H,2-4,9,13H2,1H3,(H2,25,28,29). The summed E-state index contributed by atoms with van der Waals surface area (Å²) in [6.07, 6.45) is 7.80. The van der Waals surface area contributed by atoms with Crippen molar-refractivity contribution in [3.8, 4) is 22.4 Å². The molecule has 0 fully saturated rings. The first-order valence-electron chi connectivity index (χ1n) is 10.3. The molecule has 0 unspecified atom stereocenters. The van der Waals surface area contributed by atoms with Crippen molar-refractivity contribution in [3.05, 3.63) is 66.4 Å². The molecule has 32 heavy (non-hydrogen) atoms. The normalized spacial score (nSPS) is 11.7. The summed E-state index contributed by atoms with van der Waals surface area (Å²) in [5.41, 5.74) is 3.12. The molecule has 2 aromatic carbocycles. The fourth-order valence-electron chi connectivity index (χ4n) is 3.30. The molecule has 8 heteroatoms. The van der Waals surface area contributed by atoms with E-state index in [1.807, 2.05) is 42.5 Å². The van der Waals surface area contributed by atoms with Crippen LogP contribution in [0.3, 0.4) is 0 Å². The Morgan fingerprint density at radius 3 is 2.41 bits per heavy atom. The molecule has 0 aliphatic heterocycles. The average Bonchev–Trinajstić information content (AvgIpc) is 3.22. The Kier molecular flexibility index (Phi) is 7.97. The summed E-state index contributed by atoms with van der Waals surface area (Å²) in [4.78, 5) is 11.2. The third kappa shape index (κ3) is 6.15. The minimum atomic E-state index is -3.78. The van der Waals surface area contributed by atoms with Crippen molar-refractivity contribution >= 4 is 22.1 Å². The molecule has 1 heterocycles. The molecule has 0 radical (unpaired) electrons. The highest BCUT2D eigenvalue weighted by Gasteiger charge is 2.18. The first-order valence-corrected chi connectivity index (χ1v) is 11.9. The highest BCUT2D eigenvalue weighted by Crippen LogP contribution is 2.35. The molecule has 0 bridgehead atoms. The molecule has 0 aliphatic rings. The SMILES string of the molecule is COC(=O)CCCCCC=Cc1onc(-c2ccccc2)c1-c1ccc(S(N)(=O)=O)cc1. The van der Waals surface area contributed by atoms with Crippen LogP contribution >= 0.6 is 0 Å². The molecule has 0 aliphatic carbocycles. The van der Waals surface area contributed by atoms with Crippen LogP contribution < -0.4 is 5.14 Å². The van der Waals surface area contributed by atoms with Gasteiger partial charge in [0.05, 0.1) is 17.6 Å². The van der Waals surface area contributed by atoms with Crippen LogP contribution in [0.5, 0.6) is 0 Å². The van der Waals surface area contributed by atoms with Gasteiger partial charge in [0, 0.05) is 12.0 Å². The zero-order chi connectivity index (χ0) is 23.0. The number of nitrogens with zero attached hydrogens (tertiary/aromatic N) is 1. The first-order chi connectivity index (χ1) is 15.4. The van der Waals surface area contributed by atoms with Gasteiger partial charge >= 0.3 is 5.97 Å². The topological polar surface area (TPSA) is 112 Å². The molecule has 1 aromatic heterocycles. The maximum absolute atomic E-state index is 11.6. The average molecular weight is 455 g/mol. The van der Waals surface area contributed by atoms with E-state index in [2.05, 4.69) is 9.89 Å². The van der Waals surface area contributed by atoms with Crippen LogP contribution in [0.4, 0.5) is 0 Å². The van der Waals surface area contributed by atoms with E-state index in [-0.39, 0.29) is 10.9 Å². The Balaban J connectivity index is 1.81. The first kappa shape index (κ1) is 23.4. The lowest BCUT2D eigenvalue weighted by Crippen LogP contribution is -2.11. The van der Waals surface area contributed by atoms with Gasteiger partial charge in [-0.05, 0) is 43.0 Å². The summed E-state index contributed by atoms with van der Waals surface area (Å²) in [5, 5.41) is 9.49. The third-order valence-corrected chi connectivity index (χ3v) is 5.92. The Morgan fingerprint density at radius 1 is 1.03 bits per heavy atom. The van der Waals surface area contributed by atoms with Gasteiger partial charge in [0.1, 0.15) is 5.69 Å². The number of esters is 1. The van der Waals surface area contributed by atoms with E-state index in [0.717, 1.165) is 42.4 Å². The fraction of sp³-hybridized carbons (Fsp3) is 0.250. The van der Waals surface area contributed by atoms with E-state index in [1.165, 1.54) is 19.2 Å². The van der Waals surface area contributed by atoms with Gasteiger partial charge in [-0.2, -0.15) is 0 Å². The van der Waals surface area contributed by atoms with E-state index >= 15 is 0 Å². The van der Waals surface area contributed by atoms with Crippen molar-refractivity contribution in [1.82, 2.24) is 5.16 Å². The predicted octanol–water partition coefficient (Wildman–Crippen LogP) is 4.79. The number of sulfonamides is 1. The second-order valence-corrected chi connectivity index (χ2v) is 8.85. The van der Waals surface area contributed by atoms with Crippen LogP contribution in [0.25, 0.3) is 28.5 Å². The van der Waals surface area contributed by atoms with Crippen molar-refractivity contribution in [1.29, 1.82) is 0 Å². The number of ether oxygens (including phenoxy) is 1. The van der Waals surface area contributed by atoms with E-state index < -0.39 is 10.0 Å². The van der Waals surface area contributed by atoms with Gasteiger partial charge in [0.2, 0.25) is 10.0 Å². The molecular weight excluding hydrogens is 428 g/mol. The number of hydrogen-bond donors (Lipinski definition) is 1. The molecule has 3 aromatic rings. The summed E-state index contributed by atoms with van der Waals surface area (Å²) in [7, 11) is -2.38. The number of primary sulfonamides is 1. The lowest BCUT2D eigenvalue weighted by Gasteiger charge is -2.05. The molecule has 0 amide bonds. The minimum absolute atomic E-state index is 0.0445. The zero-order valence-electron chi connectivity index (χ0n) is 17.9. The maximum Gasteiger partial charge on any atom is 0.305 e. The Morgan fingerprint density at radius 2 is 1.75 bits per heavy atom. The molecular formula is C24H26N2O5S. The fourth-order valence-corrected chi connectivity index (χ4v) is 3.82. The second-order valence-electron chi connectivity index (χ2n) is 7.28. The molecule has 3 rings (SSSR count). The van der Waals surface area contributed by atoms with Crippen molar-refractivity contribution in [2.24, 2.45) is 5.14 Å². The van der Waals surface area contributed by atoms with Crippen LogP contribution in [-0.2, 0) is 19.6 Å². The van der Waals surface area contributed by atoms with Crippen molar-refractivity contribution < 1.29 is 22.5 Å². The number of allylic oxidation sites excluding steroid dienone is 1. The third-order valence-electron chi connectivity index (χ3n) is 4.99.